The van der Waals surface area contributed by atoms with Gasteiger partial charge in [0.05, 0.1) is 48.5 Å². The predicted molar refractivity (Wildman–Crippen MR) is 138 cm³/mol. The molecule has 186 valence electrons. The molecule has 0 N–H and O–H groups in total. The van der Waals surface area contributed by atoms with Gasteiger partial charge in [-0.25, -0.2) is 12.9 Å². The minimum Gasteiger partial charge on any atom is -0.497 e. The molecule has 0 aliphatic heterocycles. The van der Waals surface area contributed by atoms with Crippen molar-refractivity contribution in [3.63, 3.8) is 0 Å². The maximum atomic E-state index is 12.9. The zero-order chi connectivity index (χ0) is 26.0. The van der Waals surface area contributed by atoms with Crippen molar-refractivity contribution in [1.29, 1.82) is 0 Å². The van der Waals surface area contributed by atoms with Crippen LogP contribution >= 0.6 is 0 Å². The molecule has 10 heteroatoms. The van der Waals surface area contributed by atoms with Gasteiger partial charge in [-0.1, -0.05) is 17.9 Å². The summed E-state index contributed by atoms with van der Waals surface area (Å²) in [5.74, 6) is 7.08. The van der Waals surface area contributed by atoms with Gasteiger partial charge in [0.2, 0.25) is 0 Å². The molecule has 9 nitrogen and oxygen atoms in total. The number of methoxy groups -OCH3 is 2. The lowest BCUT2D eigenvalue weighted by molar-refractivity contribution is 0.413. The summed E-state index contributed by atoms with van der Waals surface area (Å²) < 4.78 is 40.1. The van der Waals surface area contributed by atoms with Gasteiger partial charge in [-0.05, 0) is 36.4 Å². The van der Waals surface area contributed by atoms with Crippen LogP contribution in [0.2, 0.25) is 0 Å². The lowest BCUT2D eigenvalue weighted by Gasteiger charge is -2.07. The Balaban J connectivity index is 1.44. The highest BCUT2D eigenvalue weighted by Crippen LogP contribution is 2.29. The summed E-state index contributed by atoms with van der Waals surface area (Å²) in [7, 11) is 1.35. The van der Waals surface area contributed by atoms with E-state index in [1.165, 1.54) is 13.2 Å². The topological polar surface area (TPSA) is 101 Å². The maximum Gasteiger partial charge on any atom is 0.184 e. The number of hydrogen-bond acceptors (Lipinski definition) is 7. The van der Waals surface area contributed by atoms with E-state index in [0.717, 1.165) is 16.6 Å². The quantitative estimate of drug-likeness (QED) is 0.320. The number of hydrogen-bond donors (Lipinski definition) is 0. The first-order chi connectivity index (χ1) is 17.9. The Bertz CT molecular complexity index is 1780. The summed E-state index contributed by atoms with van der Waals surface area (Å²) in [6.07, 6.45) is 8.82. The van der Waals surface area contributed by atoms with E-state index in [4.69, 9.17) is 9.47 Å². The normalized spacial score (nSPS) is 11.2. The Morgan fingerprint density at radius 1 is 0.946 bits per heavy atom. The highest BCUT2D eigenvalue weighted by Gasteiger charge is 2.17. The first kappa shape index (κ1) is 24.1. The zero-order valence-electron chi connectivity index (χ0n) is 20.4. The molecule has 4 aromatic heterocycles. The third-order valence-electron chi connectivity index (χ3n) is 5.73. The van der Waals surface area contributed by atoms with E-state index in [1.807, 2.05) is 25.5 Å². The molecular formula is C27H23N5O4S. The zero-order valence-corrected chi connectivity index (χ0v) is 21.2. The highest BCUT2D eigenvalue weighted by molar-refractivity contribution is 7.90. The largest absolute Gasteiger partial charge is 0.497 e. The predicted octanol–water partition coefficient (Wildman–Crippen LogP) is 3.52. The number of benzene rings is 1. The van der Waals surface area contributed by atoms with Crippen LogP contribution in [0.15, 0.2) is 78.3 Å². The standard InChI is InChI=1S/C27H23N5O4S/c1-31-16-22(15-29-31)21-12-26(36-3)27-20(14-30-32(27)17-21)8-7-19-9-10-28-23(11-19)18-37(33,34)25-6-4-5-24(13-25)35-2/h4-6,9-17H,18H2,1-3H3. The van der Waals surface area contributed by atoms with Gasteiger partial charge < -0.3 is 9.47 Å². The number of rotatable bonds is 6. The van der Waals surface area contributed by atoms with Gasteiger partial charge in [-0.2, -0.15) is 10.2 Å². The molecule has 37 heavy (non-hydrogen) atoms. The molecule has 0 fully saturated rings. The van der Waals surface area contributed by atoms with Gasteiger partial charge in [-0.3, -0.25) is 9.67 Å². The van der Waals surface area contributed by atoms with Crippen LogP contribution in [0, 0.1) is 11.8 Å². The molecule has 4 heterocycles. The van der Waals surface area contributed by atoms with Crippen LogP contribution in [0.25, 0.3) is 16.6 Å². The van der Waals surface area contributed by atoms with Crippen molar-refractivity contribution in [2.24, 2.45) is 7.05 Å². The summed E-state index contributed by atoms with van der Waals surface area (Å²) in [6.45, 7) is 0. The molecule has 5 aromatic rings. The molecule has 0 amide bonds. The van der Waals surface area contributed by atoms with Crippen LogP contribution in [0.5, 0.6) is 11.5 Å². The maximum absolute atomic E-state index is 12.9. The number of aromatic nitrogens is 5. The van der Waals surface area contributed by atoms with E-state index < -0.39 is 9.84 Å². The Labute approximate surface area is 214 Å². The summed E-state index contributed by atoms with van der Waals surface area (Å²) in [4.78, 5) is 4.41. The molecule has 0 spiro atoms. The minimum atomic E-state index is -3.61. The highest BCUT2D eigenvalue weighted by atomic mass is 32.2. The number of fused-ring (bicyclic) bond motifs is 1. The van der Waals surface area contributed by atoms with Crippen molar-refractivity contribution in [1.82, 2.24) is 24.4 Å². The van der Waals surface area contributed by atoms with Crippen LogP contribution in [0.1, 0.15) is 16.8 Å². The molecule has 0 saturated heterocycles. The number of pyridine rings is 2. The second-order valence-electron chi connectivity index (χ2n) is 8.28. The van der Waals surface area contributed by atoms with E-state index >= 15 is 0 Å². The van der Waals surface area contributed by atoms with Crippen molar-refractivity contribution in [2.45, 2.75) is 10.6 Å². The number of nitrogens with zero attached hydrogens (tertiary/aromatic N) is 5. The summed E-state index contributed by atoms with van der Waals surface area (Å²) in [5.41, 5.74) is 4.30. The van der Waals surface area contributed by atoms with Gasteiger partial charge >= 0.3 is 0 Å². The second kappa shape index (κ2) is 9.79. The Hall–Kier alpha value is -4.62. The van der Waals surface area contributed by atoms with E-state index in [0.29, 0.717) is 28.3 Å². The fraction of sp³-hybridized carbons (Fsp3) is 0.148. The van der Waals surface area contributed by atoms with Gasteiger partial charge in [0.15, 0.2) is 9.84 Å². The Kier molecular flexibility index (Phi) is 6.38. The number of aryl methyl sites for hydroxylation is 1. The monoisotopic (exact) mass is 513 g/mol. The molecule has 1 aromatic carbocycles. The van der Waals surface area contributed by atoms with E-state index in [-0.39, 0.29) is 10.6 Å². The van der Waals surface area contributed by atoms with Gasteiger partial charge in [0.1, 0.15) is 17.0 Å². The average molecular weight is 514 g/mol. The fourth-order valence-corrected chi connectivity index (χ4v) is 5.20. The second-order valence-corrected chi connectivity index (χ2v) is 10.3. The van der Waals surface area contributed by atoms with Crippen LogP contribution in [0.4, 0.5) is 0 Å². The molecular weight excluding hydrogens is 490 g/mol. The molecule has 0 aliphatic rings. The Morgan fingerprint density at radius 3 is 2.57 bits per heavy atom. The van der Waals surface area contributed by atoms with Crippen LogP contribution in [0.3, 0.4) is 0 Å². The van der Waals surface area contributed by atoms with Gasteiger partial charge in [-0.15, -0.1) is 0 Å². The molecule has 5 rings (SSSR count). The van der Waals surface area contributed by atoms with E-state index in [2.05, 4.69) is 27.0 Å². The minimum absolute atomic E-state index is 0.175. The SMILES string of the molecule is COc1cccc(S(=O)(=O)Cc2cc(C#Cc3cnn4cc(-c5cnn(C)c5)cc(OC)c34)ccn2)c1. The molecule has 0 bridgehead atoms. The third-order valence-corrected chi connectivity index (χ3v) is 7.38. The van der Waals surface area contributed by atoms with Crippen molar-refractivity contribution >= 4 is 15.4 Å². The molecule has 0 unspecified atom stereocenters. The van der Waals surface area contributed by atoms with Gasteiger partial charge in [0, 0.05) is 42.3 Å². The third kappa shape index (κ3) is 5.03. The fourth-order valence-electron chi connectivity index (χ4n) is 3.91. The summed E-state index contributed by atoms with van der Waals surface area (Å²) >= 11 is 0. The first-order valence-electron chi connectivity index (χ1n) is 11.2. The Morgan fingerprint density at radius 2 is 1.81 bits per heavy atom. The number of sulfone groups is 1. The number of ether oxygens (including phenoxy) is 2. The van der Waals surface area contributed by atoms with Crippen molar-refractivity contribution in [2.75, 3.05) is 14.2 Å². The molecule has 0 aliphatic carbocycles. The molecule has 0 radical (unpaired) electrons. The molecule has 0 atom stereocenters. The van der Waals surface area contributed by atoms with Gasteiger partial charge in [0.25, 0.3) is 0 Å². The summed E-state index contributed by atoms with van der Waals surface area (Å²) in [6, 6.07) is 11.7. The van der Waals surface area contributed by atoms with E-state index in [1.54, 1.807) is 65.2 Å². The lowest BCUT2D eigenvalue weighted by atomic mass is 10.1. The van der Waals surface area contributed by atoms with Crippen molar-refractivity contribution in [3.05, 3.63) is 90.3 Å². The van der Waals surface area contributed by atoms with Crippen molar-refractivity contribution < 1.29 is 17.9 Å². The summed E-state index contributed by atoms with van der Waals surface area (Å²) in [5, 5.41) is 8.68. The van der Waals surface area contributed by atoms with Crippen LogP contribution in [-0.2, 0) is 22.6 Å². The van der Waals surface area contributed by atoms with Crippen LogP contribution in [-0.4, -0.2) is 47.0 Å². The lowest BCUT2D eigenvalue weighted by Crippen LogP contribution is -2.06. The van der Waals surface area contributed by atoms with Crippen molar-refractivity contribution in [3.8, 4) is 34.5 Å². The average Bonchev–Trinajstić information content (AvgIpc) is 3.53. The smallest absolute Gasteiger partial charge is 0.184 e. The van der Waals surface area contributed by atoms with Crippen LogP contribution < -0.4 is 9.47 Å². The molecule has 0 saturated carbocycles. The van der Waals surface area contributed by atoms with E-state index in [9.17, 15) is 8.42 Å². The first-order valence-corrected chi connectivity index (χ1v) is 12.9.